The fourth-order valence-corrected chi connectivity index (χ4v) is 2.00. The smallest absolute Gasteiger partial charge is 0.0607 e. The molecule has 1 atom stereocenters. The molecule has 2 rings (SSSR count). The average Bonchev–Trinajstić information content (AvgIpc) is 2.74. The Morgan fingerprint density at radius 2 is 2.00 bits per heavy atom. The molecule has 0 saturated carbocycles. The van der Waals surface area contributed by atoms with Crippen molar-refractivity contribution in [2.24, 2.45) is 7.05 Å². The summed E-state index contributed by atoms with van der Waals surface area (Å²) < 4.78 is 1.82. The fraction of sp³-hybridized carbons (Fsp3) is 0.308. The summed E-state index contributed by atoms with van der Waals surface area (Å²) in [5, 5.41) is 8.42. The van der Waals surface area contributed by atoms with Gasteiger partial charge in [0, 0.05) is 23.8 Å². The molecule has 0 aliphatic heterocycles. The normalized spacial score (nSPS) is 12.6. The topological polar surface area (TPSA) is 29.9 Å². The van der Waals surface area contributed by atoms with E-state index >= 15 is 0 Å². The Bertz CT molecular complexity index is 476. The third-order valence-electron chi connectivity index (χ3n) is 2.67. The fourth-order valence-electron chi connectivity index (χ4n) is 1.88. The van der Waals surface area contributed by atoms with Crippen LogP contribution in [0.5, 0.6) is 0 Å². The van der Waals surface area contributed by atoms with Gasteiger partial charge in [0.2, 0.25) is 0 Å². The molecule has 0 saturated heterocycles. The minimum Gasteiger partial charge on any atom is -0.306 e. The maximum Gasteiger partial charge on any atom is 0.0607 e. The lowest BCUT2D eigenvalue weighted by molar-refractivity contribution is 0.630. The number of hydrogen-bond acceptors (Lipinski definition) is 2. The number of halogens is 1. The van der Waals surface area contributed by atoms with Gasteiger partial charge in [0.25, 0.3) is 0 Å². The molecule has 1 aromatic heterocycles. The first-order valence-corrected chi connectivity index (χ1v) is 6.06. The van der Waals surface area contributed by atoms with Crippen LogP contribution in [0.4, 0.5) is 0 Å². The lowest BCUT2D eigenvalue weighted by atomic mass is 10.0. The molecule has 0 amide bonds. The zero-order valence-electron chi connectivity index (χ0n) is 10.0. The molecule has 1 aromatic carbocycles. The van der Waals surface area contributed by atoms with Crippen molar-refractivity contribution in [2.75, 3.05) is 6.54 Å². The van der Waals surface area contributed by atoms with Gasteiger partial charge in [-0.2, -0.15) is 5.10 Å². The van der Waals surface area contributed by atoms with Crippen molar-refractivity contribution in [3.8, 4) is 0 Å². The first-order chi connectivity index (χ1) is 8.20. The summed E-state index contributed by atoms with van der Waals surface area (Å²) >= 11 is 5.91. The van der Waals surface area contributed by atoms with Crippen molar-refractivity contribution in [2.45, 2.75) is 13.0 Å². The predicted octanol–water partition coefficient (Wildman–Crippen LogP) is 2.77. The number of rotatable bonds is 4. The molecule has 0 aliphatic rings. The van der Waals surface area contributed by atoms with Gasteiger partial charge in [0.1, 0.15) is 0 Å². The van der Waals surface area contributed by atoms with Crippen molar-refractivity contribution < 1.29 is 0 Å². The summed E-state index contributed by atoms with van der Waals surface area (Å²) in [5.41, 5.74) is 2.36. The number of aromatic nitrogens is 2. The van der Waals surface area contributed by atoms with Crippen LogP contribution in [0.1, 0.15) is 24.1 Å². The molecule has 3 nitrogen and oxygen atoms in total. The highest BCUT2D eigenvalue weighted by molar-refractivity contribution is 6.30. The minimum atomic E-state index is 0.172. The van der Waals surface area contributed by atoms with Crippen molar-refractivity contribution in [3.05, 3.63) is 52.8 Å². The highest BCUT2D eigenvalue weighted by Gasteiger charge is 2.14. The quantitative estimate of drug-likeness (QED) is 0.903. The number of benzene rings is 1. The van der Waals surface area contributed by atoms with Crippen LogP contribution in [-0.4, -0.2) is 16.3 Å². The SMILES string of the molecule is CCNC(c1ccc(Cl)cc1)c1cnn(C)c1. The summed E-state index contributed by atoms with van der Waals surface area (Å²) in [7, 11) is 1.92. The van der Waals surface area contributed by atoms with E-state index in [-0.39, 0.29) is 6.04 Å². The Morgan fingerprint density at radius 3 is 2.53 bits per heavy atom. The van der Waals surface area contributed by atoms with Crippen LogP contribution in [0.15, 0.2) is 36.7 Å². The minimum absolute atomic E-state index is 0.172. The highest BCUT2D eigenvalue weighted by Crippen LogP contribution is 2.22. The number of hydrogen-bond donors (Lipinski definition) is 1. The summed E-state index contributed by atoms with van der Waals surface area (Å²) in [6.07, 6.45) is 3.92. The van der Waals surface area contributed by atoms with Gasteiger partial charge in [-0.05, 0) is 24.2 Å². The average molecular weight is 250 g/mol. The first kappa shape index (κ1) is 12.1. The highest BCUT2D eigenvalue weighted by atomic mass is 35.5. The lowest BCUT2D eigenvalue weighted by Gasteiger charge is -2.16. The van der Waals surface area contributed by atoms with Crippen LogP contribution in [0, 0.1) is 0 Å². The summed E-state index contributed by atoms with van der Waals surface area (Å²) in [4.78, 5) is 0. The first-order valence-electron chi connectivity index (χ1n) is 5.68. The predicted molar refractivity (Wildman–Crippen MR) is 70.2 cm³/mol. The molecule has 0 bridgehead atoms. The van der Waals surface area contributed by atoms with Gasteiger partial charge < -0.3 is 5.32 Å². The second kappa shape index (κ2) is 5.34. The molecular weight excluding hydrogens is 234 g/mol. The van der Waals surface area contributed by atoms with E-state index in [2.05, 4.69) is 17.3 Å². The Hall–Kier alpha value is -1.32. The molecule has 4 heteroatoms. The van der Waals surface area contributed by atoms with Gasteiger partial charge in [-0.15, -0.1) is 0 Å². The molecule has 1 unspecified atom stereocenters. The van der Waals surface area contributed by atoms with E-state index in [1.165, 1.54) is 5.56 Å². The molecule has 1 N–H and O–H groups in total. The van der Waals surface area contributed by atoms with Crippen LogP contribution in [0.25, 0.3) is 0 Å². The van der Waals surface area contributed by atoms with Crippen LogP contribution in [-0.2, 0) is 7.05 Å². The van der Waals surface area contributed by atoms with E-state index in [1.807, 2.05) is 48.4 Å². The molecular formula is C13H16ClN3. The third kappa shape index (κ3) is 2.87. The largest absolute Gasteiger partial charge is 0.306 e. The Kier molecular flexibility index (Phi) is 3.82. The van der Waals surface area contributed by atoms with Crippen molar-refractivity contribution in [1.29, 1.82) is 0 Å². The Balaban J connectivity index is 2.31. The van der Waals surface area contributed by atoms with Gasteiger partial charge in [0.05, 0.1) is 12.2 Å². The van der Waals surface area contributed by atoms with Crippen molar-refractivity contribution in [1.82, 2.24) is 15.1 Å². The van der Waals surface area contributed by atoms with Gasteiger partial charge in [-0.25, -0.2) is 0 Å². The molecule has 0 radical (unpaired) electrons. The molecule has 0 aliphatic carbocycles. The third-order valence-corrected chi connectivity index (χ3v) is 2.92. The van der Waals surface area contributed by atoms with Gasteiger partial charge in [-0.3, -0.25) is 4.68 Å². The summed E-state index contributed by atoms with van der Waals surface area (Å²) in [6, 6.07) is 8.09. The van der Waals surface area contributed by atoms with E-state index in [4.69, 9.17) is 11.6 Å². The van der Waals surface area contributed by atoms with Crippen LogP contribution in [0.2, 0.25) is 5.02 Å². The molecule has 90 valence electrons. The molecule has 2 aromatic rings. The Labute approximate surface area is 106 Å². The maximum absolute atomic E-state index is 5.91. The Morgan fingerprint density at radius 1 is 1.29 bits per heavy atom. The summed E-state index contributed by atoms with van der Waals surface area (Å²) in [5.74, 6) is 0. The van der Waals surface area contributed by atoms with E-state index in [0.29, 0.717) is 0 Å². The molecule has 0 spiro atoms. The second-order valence-electron chi connectivity index (χ2n) is 3.99. The van der Waals surface area contributed by atoms with Gasteiger partial charge in [0.15, 0.2) is 0 Å². The molecule has 0 fully saturated rings. The molecule has 1 heterocycles. The monoisotopic (exact) mass is 249 g/mol. The number of nitrogens with one attached hydrogen (secondary N) is 1. The van der Waals surface area contributed by atoms with Crippen molar-refractivity contribution in [3.63, 3.8) is 0 Å². The molecule has 17 heavy (non-hydrogen) atoms. The van der Waals surface area contributed by atoms with E-state index in [9.17, 15) is 0 Å². The zero-order valence-corrected chi connectivity index (χ0v) is 10.8. The van der Waals surface area contributed by atoms with E-state index in [0.717, 1.165) is 17.1 Å². The second-order valence-corrected chi connectivity index (χ2v) is 4.43. The van der Waals surface area contributed by atoms with Gasteiger partial charge >= 0.3 is 0 Å². The van der Waals surface area contributed by atoms with Crippen LogP contribution >= 0.6 is 11.6 Å². The lowest BCUT2D eigenvalue weighted by Crippen LogP contribution is -2.21. The van der Waals surface area contributed by atoms with E-state index < -0.39 is 0 Å². The zero-order chi connectivity index (χ0) is 12.3. The number of aryl methyl sites for hydroxylation is 1. The van der Waals surface area contributed by atoms with Crippen molar-refractivity contribution >= 4 is 11.6 Å². The van der Waals surface area contributed by atoms with Crippen LogP contribution in [0.3, 0.4) is 0 Å². The standard InChI is InChI=1S/C13H16ClN3/c1-3-15-13(11-8-16-17(2)9-11)10-4-6-12(14)7-5-10/h4-9,13,15H,3H2,1-2H3. The van der Waals surface area contributed by atoms with E-state index in [1.54, 1.807) is 0 Å². The van der Waals surface area contributed by atoms with Gasteiger partial charge in [-0.1, -0.05) is 30.7 Å². The summed E-state index contributed by atoms with van der Waals surface area (Å²) in [6.45, 7) is 3.00. The number of nitrogens with zero attached hydrogens (tertiary/aromatic N) is 2. The van der Waals surface area contributed by atoms with Crippen LogP contribution < -0.4 is 5.32 Å². The maximum atomic E-state index is 5.91.